The number of primary amides is 1. The zero-order valence-electron chi connectivity index (χ0n) is 10.9. The second-order valence-electron chi connectivity index (χ2n) is 4.08. The maximum Gasteiger partial charge on any atom is 0.231 e. The first kappa shape index (κ1) is 15.2. The van der Waals surface area contributed by atoms with Crippen molar-refractivity contribution in [2.24, 2.45) is 11.5 Å². The first-order valence-corrected chi connectivity index (χ1v) is 6.04. The summed E-state index contributed by atoms with van der Waals surface area (Å²) in [6.07, 6.45) is 0. The molecule has 1 rings (SSSR count). The number of likely N-dealkylation sites (N-methyl/N-ethyl adjacent to an activating group) is 1. The molecule has 0 radical (unpaired) electrons. The summed E-state index contributed by atoms with van der Waals surface area (Å²) in [5.74, 6) is 4.81. The van der Waals surface area contributed by atoms with E-state index in [2.05, 4.69) is 11.8 Å². The van der Waals surface area contributed by atoms with Crippen LogP contribution in [0.2, 0.25) is 0 Å². The van der Waals surface area contributed by atoms with E-state index >= 15 is 0 Å². The highest BCUT2D eigenvalue weighted by atomic mass is 19.1. The van der Waals surface area contributed by atoms with Gasteiger partial charge in [0, 0.05) is 12.1 Å². The van der Waals surface area contributed by atoms with Gasteiger partial charge >= 0.3 is 0 Å². The van der Waals surface area contributed by atoms with Crippen LogP contribution in [-0.2, 0) is 11.3 Å². The molecule has 0 saturated carbocycles. The van der Waals surface area contributed by atoms with E-state index in [4.69, 9.17) is 11.5 Å². The Morgan fingerprint density at radius 2 is 2.21 bits per heavy atom. The summed E-state index contributed by atoms with van der Waals surface area (Å²) in [5.41, 5.74) is 11.9. The highest BCUT2D eigenvalue weighted by molar-refractivity contribution is 5.75. The third-order valence-corrected chi connectivity index (χ3v) is 2.62. The van der Waals surface area contributed by atoms with Crippen LogP contribution in [0.25, 0.3) is 0 Å². The molecule has 0 atom stereocenters. The lowest BCUT2D eigenvalue weighted by molar-refractivity contribution is -0.119. The minimum atomic E-state index is -0.390. The molecule has 1 aromatic rings. The van der Waals surface area contributed by atoms with Gasteiger partial charge in [-0.1, -0.05) is 24.8 Å². The maximum atomic E-state index is 13.2. The molecule has 102 valence electrons. The molecule has 0 heterocycles. The molecule has 4 nitrogen and oxygen atoms in total. The first-order chi connectivity index (χ1) is 9.06. The number of nitrogens with two attached hydrogens (primary N) is 2. The zero-order valence-corrected chi connectivity index (χ0v) is 10.9. The number of hydrogen-bond acceptors (Lipinski definition) is 3. The van der Waals surface area contributed by atoms with Crippen molar-refractivity contribution in [3.8, 4) is 11.8 Å². The normalized spacial score (nSPS) is 10.1. The Morgan fingerprint density at radius 3 is 2.79 bits per heavy atom. The molecular weight excluding hydrogens is 245 g/mol. The molecule has 19 heavy (non-hydrogen) atoms. The molecule has 0 aliphatic rings. The smallest absolute Gasteiger partial charge is 0.231 e. The maximum absolute atomic E-state index is 13.2. The Labute approximate surface area is 112 Å². The van der Waals surface area contributed by atoms with Crippen molar-refractivity contribution in [2.75, 3.05) is 19.6 Å². The third kappa shape index (κ3) is 5.08. The van der Waals surface area contributed by atoms with E-state index in [9.17, 15) is 9.18 Å². The Balaban J connectivity index is 2.95. The quantitative estimate of drug-likeness (QED) is 0.757. The van der Waals surface area contributed by atoms with Crippen molar-refractivity contribution in [1.29, 1.82) is 0 Å². The van der Waals surface area contributed by atoms with Crippen LogP contribution < -0.4 is 11.5 Å². The number of rotatable bonds is 5. The Bertz CT molecular complexity index is 505. The minimum absolute atomic E-state index is 0.164. The molecule has 1 amide bonds. The topological polar surface area (TPSA) is 72.3 Å². The fraction of sp³-hybridized carbons (Fsp3) is 0.357. The molecule has 0 fully saturated rings. The predicted molar refractivity (Wildman–Crippen MR) is 72.5 cm³/mol. The average molecular weight is 263 g/mol. The lowest BCUT2D eigenvalue weighted by atomic mass is 10.1. The highest BCUT2D eigenvalue weighted by Gasteiger charge is 2.10. The molecule has 0 spiro atoms. The number of hydrogen-bond donors (Lipinski definition) is 2. The predicted octanol–water partition coefficient (Wildman–Crippen LogP) is 0.443. The lowest BCUT2D eigenvalue weighted by Crippen LogP contribution is -2.33. The Morgan fingerprint density at radius 1 is 1.47 bits per heavy atom. The van der Waals surface area contributed by atoms with Crippen molar-refractivity contribution < 1.29 is 9.18 Å². The standard InChI is InChI=1S/C14H18FN3O/c1-2-18(10-14(17)19)9-12-5-6-13(15)8-11(12)4-3-7-16/h5-6,8H,2,7,9-10,16H2,1H3,(H2,17,19). The molecule has 0 aromatic heterocycles. The van der Waals surface area contributed by atoms with Crippen LogP contribution in [0.15, 0.2) is 18.2 Å². The van der Waals surface area contributed by atoms with E-state index in [0.717, 1.165) is 5.56 Å². The van der Waals surface area contributed by atoms with Crippen LogP contribution in [0.1, 0.15) is 18.1 Å². The summed E-state index contributed by atoms with van der Waals surface area (Å²) < 4.78 is 13.2. The van der Waals surface area contributed by atoms with Gasteiger partial charge in [-0.2, -0.15) is 0 Å². The first-order valence-electron chi connectivity index (χ1n) is 6.04. The summed E-state index contributed by atoms with van der Waals surface area (Å²) in [4.78, 5) is 12.8. The summed E-state index contributed by atoms with van der Waals surface area (Å²) in [5, 5.41) is 0. The van der Waals surface area contributed by atoms with Crippen LogP contribution in [0, 0.1) is 17.7 Å². The van der Waals surface area contributed by atoms with Gasteiger partial charge in [-0.05, 0) is 24.2 Å². The highest BCUT2D eigenvalue weighted by Crippen LogP contribution is 2.13. The van der Waals surface area contributed by atoms with E-state index in [1.54, 1.807) is 6.07 Å². The number of halogens is 1. The van der Waals surface area contributed by atoms with E-state index in [-0.39, 0.29) is 18.9 Å². The average Bonchev–Trinajstić information content (AvgIpc) is 2.37. The van der Waals surface area contributed by atoms with Gasteiger partial charge < -0.3 is 11.5 Å². The zero-order chi connectivity index (χ0) is 14.3. The largest absolute Gasteiger partial charge is 0.369 e. The number of carbonyl (C=O) groups excluding carboxylic acids is 1. The van der Waals surface area contributed by atoms with E-state index in [1.807, 2.05) is 11.8 Å². The van der Waals surface area contributed by atoms with Crippen molar-refractivity contribution in [2.45, 2.75) is 13.5 Å². The van der Waals surface area contributed by atoms with Crippen LogP contribution in [0.3, 0.4) is 0 Å². The van der Waals surface area contributed by atoms with Crippen LogP contribution in [-0.4, -0.2) is 30.4 Å². The number of carbonyl (C=O) groups is 1. The molecule has 1 aromatic carbocycles. The number of benzene rings is 1. The fourth-order valence-electron chi connectivity index (χ4n) is 1.69. The molecule has 0 bridgehead atoms. The van der Waals surface area contributed by atoms with Crippen LogP contribution in [0.5, 0.6) is 0 Å². The second-order valence-corrected chi connectivity index (χ2v) is 4.08. The Hall–Kier alpha value is -1.90. The van der Waals surface area contributed by atoms with E-state index < -0.39 is 5.91 Å². The van der Waals surface area contributed by atoms with Crippen LogP contribution in [0.4, 0.5) is 4.39 Å². The van der Waals surface area contributed by atoms with Crippen LogP contribution >= 0.6 is 0 Å². The van der Waals surface area contributed by atoms with E-state index in [1.165, 1.54) is 12.1 Å². The van der Waals surface area contributed by atoms with Crippen molar-refractivity contribution in [3.05, 3.63) is 35.1 Å². The third-order valence-electron chi connectivity index (χ3n) is 2.62. The summed E-state index contributed by atoms with van der Waals surface area (Å²) >= 11 is 0. The molecule has 5 heteroatoms. The monoisotopic (exact) mass is 263 g/mol. The van der Waals surface area contributed by atoms with Crippen molar-refractivity contribution in [3.63, 3.8) is 0 Å². The van der Waals surface area contributed by atoms with Crippen molar-refractivity contribution >= 4 is 5.91 Å². The van der Waals surface area contributed by atoms with E-state index in [0.29, 0.717) is 18.7 Å². The summed E-state index contributed by atoms with van der Waals surface area (Å²) in [7, 11) is 0. The summed E-state index contributed by atoms with van der Waals surface area (Å²) in [6, 6.07) is 4.41. The van der Waals surface area contributed by atoms with Gasteiger partial charge in [-0.25, -0.2) is 4.39 Å². The molecule has 0 aliphatic carbocycles. The van der Waals surface area contributed by atoms with Gasteiger partial charge in [0.15, 0.2) is 0 Å². The van der Waals surface area contributed by atoms with Gasteiger partial charge in [0.05, 0.1) is 13.1 Å². The molecule has 0 unspecified atom stereocenters. The SMILES string of the molecule is CCN(CC(N)=O)Cc1ccc(F)cc1C#CCN. The lowest BCUT2D eigenvalue weighted by Gasteiger charge is -2.19. The minimum Gasteiger partial charge on any atom is -0.369 e. The van der Waals surface area contributed by atoms with Crippen molar-refractivity contribution in [1.82, 2.24) is 4.90 Å². The number of nitrogens with zero attached hydrogens (tertiary/aromatic N) is 1. The molecule has 4 N–H and O–H groups in total. The Kier molecular flexibility index (Phi) is 6.00. The molecule has 0 aliphatic heterocycles. The van der Waals surface area contributed by atoms with Gasteiger partial charge in [0.25, 0.3) is 0 Å². The molecular formula is C14H18FN3O. The summed E-state index contributed by atoms with van der Waals surface area (Å²) in [6.45, 7) is 3.47. The number of amides is 1. The van der Waals surface area contributed by atoms with Gasteiger partial charge in [0.1, 0.15) is 5.82 Å². The van der Waals surface area contributed by atoms with Gasteiger partial charge in [-0.15, -0.1) is 0 Å². The van der Waals surface area contributed by atoms with Gasteiger partial charge in [0.2, 0.25) is 5.91 Å². The van der Waals surface area contributed by atoms with Gasteiger partial charge in [-0.3, -0.25) is 9.69 Å². The second kappa shape index (κ2) is 7.52. The molecule has 0 saturated heterocycles. The fourth-order valence-corrected chi connectivity index (χ4v) is 1.69.